The standard InChI is InChI=1S/C30H34N2/c1-28(2,3)21-11-15-26-24(17-21)30(7,8)25-18-22(29(4,5)6)12-16-27(25)32(26)23-13-9-20(19-31)10-14-23/h9-18H,1-8H3. The van der Waals surface area contributed by atoms with Gasteiger partial charge in [0.1, 0.15) is 0 Å². The van der Waals surface area contributed by atoms with Gasteiger partial charge in [-0.25, -0.2) is 0 Å². The molecule has 0 fully saturated rings. The first-order valence-electron chi connectivity index (χ1n) is 11.4. The Bertz CT molecular complexity index is 1140. The summed E-state index contributed by atoms with van der Waals surface area (Å²) in [6.45, 7) is 18.3. The molecular formula is C30H34N2. The van der Waals surface area contributed by atoms with Gasteiger partial charge in [-0.15, -0.1) is 0 Å². The summed E-state index contributed by atoms with van der Waals surface area (Å²) < 4.78 is 0. The maximum Gasteiger partial charge on any atom is 0.0991 e. The molecule has 164 valence electrons. The minimum atomic E-state index is -0.129. The quantitative estimate of drug-likeness (QED) is 0.394. The van der Waals surface area contributed by atoms with Gasteiger partial charge in [0, 0.05) is 11.1 Å². The zero-order chi connectivity index (χ0) is 23.5. The summed E-state index contributed by atoms with van der Waals surface area (Å²) in [5.41, 5.74) is 9.59. The largest absolute Gasteiger partial charge is 0.310 e. The fraction of sp³-hybridized carbons (Fsp3) is 0.367. The summed E-state index contributed by atoms with van der Waals surface area (Å²) in [5.74, 6) is 0. The van der Waals surface area contributed by atoms with Crippen molar-refractivity contribution in [1.82, 2.24) is 0 Å². The Morgan fingerprint density at radius 3 is 1.50 bits per heavy atom. The number of hydrogen-bond donors (Lipinski definition) is 0. The molecule has 3 aromatic rings. The summed E-state index contributed by atoms with van der Waals surface area (Å²) in [7, 11) is 0. The molecule has 3 aromatic carbocycles. The van der Waals surface area contributed by atoms with Gasteiger partial charge >= 0.3 is 0 Å². The second-order valence-corrected chi connectivity index (χ2v) is 11.6. The van der Waals surface area contributed by atoms with E-state index in [1.165, 1.54) is 33.6 Å². The fourth-order valence-corrected chi connectivity index (χ4v) is 4.63. The molecule has 4 rings (SSSR count). The highest BCUT2D eigenvalue weighted by molar-refractivity contribution is 5.86. The Kier molecular flexibility index (Phi) is 5.01. The molecule has 1 aliphatic rings. The van der Waals surface area contributed by atoms with Crippen LogP contribution in [-0.2, 0) is 16.2 Å². The molecule has 0 atom stereocenters. The van der Waals surface area contributed by atoms with Crippen molar-refractivity contribution in [3.63, 3.8) is 0 Å². The number of hydrogen-bond acceptors (Lipinski definition) is 2. The molecule has 0 spiro atoms. The molecule has 0 N–H and O–H groups in total. The summed E-state index contributed by atoms with van der Waals surface area (Å²) in [6, 6.07) is 24.0. The van der Waals surface area contributed by atoms with Crippen LogP contribution in [0.4, 0.5) is 17.1 Å². The second kappa shape index (κ2) is 7.24. The van der Waals surface area contributed by atoms with Crippen LogP contribution in [0, 0.1) is 11.3 Å². The lowest BCUT2D eigenvalue weighted by Crippen LogP contribution is -2.32. The fourth-order valence-electron chi connectivity index (χ4n) is 4.63. The molecule has 1 heterocycles. The van der Waals surface area contributed by atoms with E-state index in [1.54, 1.807) is 0 Å². The molecule has 0 amide bonds. The van der Waals surface area contributed by atoms with Gasteiger partial charge in [-0.2, -0.15) is 5.26 Å². The van der Waals surface area contributed by atoms with Gasteiger partial charge in [0.15, 0.2) is 0 Å². The molecule has 2 heteroatoms. The monoisotopic (exact) mass is 422 g/mol. The Morgan fingerprint density at radius 1 is 0.688 bits per heavy atom. The number of nitrogens with zero attached hydrogens (tertiary/aromatic N) is 2. The van der Waals surface area contributed by atoms with Crippen molar-refractivity contribution in [2.75, 3.05) is 4.90 Å². The van der Waals surface area contributed by atoms with Crippen molar-refractivity contribution in [1.29, 1.82) is 5.26 Å². The lowest BCUT2D eigenvalue weighted by atomic mass is 9.70. The van der Waals surface area contributed by atoms with E-state index >= 15 is 0 Å². The van der Waals surface area contributed by atoms with Gasteiger partial charge in [0.05, 0.1) is 23.0 Å². The number of benzene rings is 3. The molecular weight excluding hydrogens is 388 g/mol. The topological polar surface area (TPSA) is 27.0 Å². The molecule has 0 saturated heterocycles. The normalized spacial score (nSPS) is 15.0. The van der Waals surface area contributed by atoms with Crippen LogP contribution in [0.5, 0.6) is 0 Å². The van der Waals surface area contributed by atoms with Gasteiger partial charge < -0.3 is 4.90 Å². The first-order valence-corrected chi connectivity index (χ1v) is 11.4. The average Bonchev–Trinajstić information content (AvgIpc) is 2.72. The highest BCUT2D eigenvalue weighted by Crippen LogP contribution is 2.53. The van der Waals surface area contributed by atoms with Gasteiger partial charge in [0.25, 0.3) is 0 Å². The van der Waals surface area contributed by atoms with Crippen molar-refractivity contribution >= 4 is 17.1 Å². The predicted octanol–water partition coefficient (Wildman–Crippen LogP) is 8.26. The van der Waals surface area contributed by atoms with Crippen molar-refractivity contribution < 1.29 is 0 Å². The Labute approximate surface area is 193 Å². The zero-order valence-electron chi connectivity index (χ0n) is 20.7. The van der Waals surface area contributed by atoms with Gasteiger partial charge in [-0.3, -0.25) is 0 Å². The number of fused-ring (bicyclic) bond motifs is 2. The molecule has 0 saturated carbocycles. The number of nitriles is 1. The maximum absolute atomic E-state index is 9.27. The molecule has 0 aliphatic carbocycles. The average molecular weight is 423 g/mol. The highest BCUT2D eigenvalue weighted by atomic mass is 15.2. The maximum atomic E-state index is 9.27. The zero-order valence-corrected chi connectivity index (χ0v) is 20.7. The van der Waals surface area contributed by atoms with Crippen molar-refractivity contribution in [2.24, 2.45) is 0 Å². The van der Waals surface area contributed by atoms with Crippen molar-refractivity contribution in [2.45, 2.75) is 71.6 Å². The van der Waals surface area contributed by atoms with E-state index in [9.17, 15) is 5.26 Å². The third kappa shape index (κ3) is 3.61. The van der Waals surface area contributed by atoms with E-state index in [2.05, 4.69) is 115 Å². The van der Waals surface area contributed by atoms with Crippen LogP contribution < -0.4 is 4.90 Å². The van der Waals surface area contributed by atoms with Crippen LogP contribution in [0.25, 0.3) is 0 Å². The summed E-state index contributed by atoms with van der Waals surface area (Å²) in [6.07, 6.45) is 0. The summed E-state index contributed by atoms with van der Waals surface area (Å²) in [4.78, 5) is 2.36. The van der Waals surface area contributed by atoms with Crippen LogP contribution >= 0.6 is 0 Å². The minimum absolute atomic E-state index is 0.0813. The lowest BCUT2D eigenvalue weighted by molar-refractivity contribution is 0.573. The van der Waals surface area contributed by atoms with E-state index < -0.39 is 0 Å². The lowest BCUT2D eigenvalue weighted by Gasteiger charge is -2.43. The van der Waals surface area contributed by atoms with E-state index in [-0.39, 0.29) is 16.2 Å². The van der Waals surface area contributed by atoms with Crippen LogP contribution in [0.2, 0.25) is 0 Å². The number of rotatable bonds is 1. The highest BCUT2D eigenvalue weighted by Gasteiger charge is 2.38. The molecule has 0 bridgehead atoms. The van der Waals surface area contributed by atoms with Gasteiger partial charge in [0.2, 0.25) is 0 Å². The molecule has 0 unspecified atom stereocenters. The SMILES string of the molecule is CC(C)(C)c1ccc2c(c1)C(C)(C)c1cc(C(C)(C)C)ccc1N2c1ccc(C#N)cc1. The third-order valence-corrected chi connectivity index (χ3v) is 6.81. The summed E-state index contributed by atoms with van der Waals surface area (Å²) >= 11 is 0. The predicted molar refractivity (Wildman–Crippen MR) is 135 cm³/mol. The van der Waals surface area contributed by atoms with Crippen LogP contribution in [0.3, 0.4) is 0 Å². The van der Waals surface area contributed by atoms with Crippen molar-refractivity contribution in [3.8, 4) is 6.07 Å². The first-order chi connectivity index (χ1) is 14.8. The molecule has 32 heavy (non-hydrogen) atoms. The van der Waals surface area contributed by atoms with Gasteiger partial charge in [-0.1, -0.05) is 79.7 Å². The number of anilines is 3. The van der Waals surface area contributed by atoms with E-state index in [0.717, 1.165) is 5.69 Å². The van der Waals surface area contributed by atoms with Crippen molar-refractivity contribution in [3.05, 3.63) is 88.5 Å². The Balaban J connectivity index is 2.02. The van der Waals surface area contributed by atoms with E-state index in [1.807, 2.05) is 12.1 Å². The smallest absolute Gasteiger partial charge is 0.0991 e. The van der Waals surface area contributed by atoms with Crippen LogP contribution in [0.15, 0.2) is 60.7 Å². The van der Waals surface area contributed by atoms with Gasteiger partial charge in [-0.05, 0) is 69.5 Å². The Morgan fingerprint density at radius 2 is 1.12 bits per heavy atom. The van der Waals surface area contributed by atoms with E-state index in [0.29, 0.717) is 5.56 Å². The molecule has 1 aliphatic heterocycles. The molecule has 2 nitrogen and oxygen atoms in total. The van der Waals surface area contributed by atoms with E-state index in [4.69, 9.17) is 0 Å². The van der Waals surface area contributed by atoms with Crippen LogP contribution in [-0.4, -0.2) is 0 Å². The summed E-state index contributed by atoms with van der Waals surface area (Å²) in [5, 5.41) is 9.27. The Hall–Kier alpha value is -3.05. The van der Waals surface area contributed by atoms with Crippen LogP contribution in [0.1, 0.15) is 83.2 Å². The molecule has 0 aromatic heterocycles. The minimum Gasteiger partial charge on any atom is -0.310 e. The molecule has 0 radical (unpaired) electrons. The second-order valence-electron chi connectivity index (χ2n) is 11.6. The third-order valence-electron chi connectivity index (χ3n) is 6.81. The first kappa shape index (κ1) is 22.2.